The summed E-state index contributed by atoms with van der Waals surface area (Å²) in [5.74, 6) is 1.62. The molecule has 3 rings (SSSR count). The number of hydrogen-bond acceptors (Lipinski definition) is 3. The van der Waals surface area contributed by atoms with E-state index >= 15 is 0 Å². The van der Waals surface area contributed by atoms with Crippen molar-refractivity contribution in [1.82, 2.24) is 4.90 Å². The Balaban J connectivity index is 0.000000963. The minimum atomic E-state index is -0.0570. The molecule has 0 amide bonds. The first-order chi connectivity index (χ1) is 7.03. The van der Waals surface area contributed by atoms with Crippen LogP contribution in [0.25, 0.3) is 0 Å². The van der Waals surface area contributed by atoms with Crippen LogP contribution >= 0.6 is 12.4 Å². The lowest BCUT2D eigenvalue weighted by molar-refractivity contribution is 0.0683. The van der Waals surface area contributed by atoms with Crippen LogP contribution in [0.4, 0.5) is 0 Å². The van der Waals surface area contributed by atoms with Gasteiger partial charge in [-0.25, -0.2) is 0 Å². The second-order valence-corrected chi connectivity index (χ2v) is 6.30. The minimum Gasteiger partial charge on any atom is -0.374 e. The number of rotatable bonds is 2. The van der Waals surface area contributed by atoms with E-state index in [-0.39, 0.29) is 17.9 Å². The van der Waals surface area contributed by atoms with E-state index in [0.717, 1.165) is 18.4 Å². The number of nitrogens with zero attached hydrogens (tertiary/aromatic N) is 1. The third kappa shape index (κ3) is 2.10. The van der Waals surface area contributed by atoms with Gasteiger partial charge in [0.2, 0.25) is 0 Å². The topological polar surface area (TPSA) is 38.5 Å². The van der Waals surface area contributed by atoms with Gasteiger partial charge in [0.1, 0.15) is 0 Å². The number of nitrogens with two attached hydrogens (primary N) is 1. The molecular formula is C12H23ClN2O. The zero-order valence-electron chi connectivity index (χ0n) is 10.2. The molecule has 16 heavy (non-hydrogen) atoms. The molecule has 3 heterocycles. The van der Waals surface area contributed by atoms with Crippen LogP contribution in [0.2, 0.25) is 0 Å². The molecule has 4 heteroatoms. The Bertz CT molecular complexity index is 248. The van der Waals surface area contributed by atoms with Crippen LogP contribution in [0.5, 0.6) is 0 Å². The van der Waals surface area contributed by atoms with E-state index < -0.39 is 0 Å². The molecule has 3 nitrogen and oxygen atoms in total. The summed E-state index contributed by atoms with van der Waals surface area (Å²) in [7, 11) is 0. The van der Waals surface area contributed by atoms with Gasteiger partial charge in [-0.2, -0.15) is 0 Å². The predicted molar refractivity (Wildman–Crippen MR) is 66.8 cm³/mol. The Morgan fingerprint density at radius 3 is 2.12 bits per heavy atom. The van der Waals surface area contributed by atoms with Gasteiger partial charge < -0.3 is 15.4 Å². The molecule has 0 aliphatic carbocycles. The summed E-state index contributed by atoms with van der Waals surface area (Å²) >= 11 is 0. The van der Waals surface area contributed by atoms with Gasteiger partial charge in [0.25, 0.3) is 0 Å². The zero-order chi connectivity index (χ0) is 10.6. The molecule has 4 atom stereocenters. The average molecular weight is 247 g/mol. The highest BCUT2D eigenvalue weighted by molar-refractivity contribution is 5.85. The molecule has 0 saturated carbocycles. The van der Waals surface area contributed by atoms with Crippen molar-refractivity contribution in [3.63, 3.8) is 0 Å². The normalized spacial score (nSPS) is 42.2. The molecule has 3 aliphatic heterocycles. The molecule has 0 aromatic rings. The molecule has 94 valence electrons. The third-order valence-corrected chi connectivity index (χ3v) is 4.16. The van der Waals surface area contributed by atoms with Crippen LogP contribution in [-0.4, -0.2) is 42.3 Å². The molecule has 4 unspecified atom stereocenters. The van der Waals surface area contributed by atoms with Crippen molar-refractivity contribution in [3.05, 3.63) is 0 Å². The zero-order valence-corrected chi connectivity index (χ0v) is 11.0. The van der Waals surface area contributed by atoms with Gasteiger partial charge in [0.15, 0.2) is 0 Å². The Hall–Kier alpha value is 0.170. The molecule has 2 N–H and O–H groups in total. The number of likely N-dealkylation sites (tertiary alicyclic amines) is 1. The summed E-state index contributed by atoms with van der Waals surface area (Å²) in [6.07, 6.45) is 3.74. The summed E-state index contributed by atoms with van der Waals surface area (Å²) in [5, 5.41) is 0. The van der Waals surface area contributed by atoms with Gasteiger partial charge in [-0.15, -0.1) is 12.4 Å². The van der Waals surface area contributed by atoms with E-state index in [1.807, 2.05) is 0 Å². The lowest BCUT2D eigenvalue weighted by Crippen LogP contribution is -2.45. The quantitative estimate of drug-likeness (QED) is 0.797. The largest absolute Gasteiger partial charge is 0.374 e. The maximum absolute atomic E-state index is 6.08. The van der Waals surface area contributed by atoms with Crippen LogP contribution in [0.3, 0.4) is 0 Å². The summed E-state index contributed by atoms with van der Waals surface area (Å²) in [5.41, 5.74) is 6.02. The van der Waals surface area contributed by atoms with E-state index in [4.69, 9.17) is 10.5 Å². The van der Waals surface area contributed by atoms with Gasteiger partial charge in [-0.05, 0) is 26.7 Å². The van der Waals surface area contributed by atoms with Crippen molar-refractivity contribution < 1.29 is 4.74 Å². The number of halogens is 1. The molecule has 3 saturated heterocycles. The maximum Gasteiger partial charge on any atom is 0.0624 e. The van der Waals surface area contributed by atoms with Crippen molar-refractivity contribution >= 4 is 12.4 Å². The lowest BCUT2D eigenvalue weighted by atomic mass is 9.82. The number of hydrogen-bond donors (Lipinski definition) is 1. The molecule has 0 spiro atoms. The Morgan fingerprint density at radius 2 is 1.69 bits per heavy atom. The standard InChI is InChI=1S/C12H22N2O.ClH/c1-12(2,13)7-14-5-8-9(6-14)11-4-3-10(8)15-11;/h8-11H,3-7,13H2,1-2H3;1H. The van der Waals surface area contributed by atoms with Crippen molar-refractivity contribution in [3.8, 4) is 0 Å². The Kier molecular flexibility index (Phi) is 3.26. The summed E-state index contributed by atoms with van der Waals surface area (Å²) in [6, 6.07) is 0. The molecule has 3 aliphatic rings. The fraction of sp³-hybridized carbons (Fsp3) is 1.00. The Labute approximate surface area is 104 Å². The second-order valence-electron chi connectivity index (χ2n) is 6.30. The van der Waals surface area contributed by atoms with E-state index in [0.29, 0.717) is 12.2 Å². The van der Waals surface area contributed by atoms with Crippen LogP contribution in [0.15, 0.2) is 0 Å². The van der Waals surface area contributed by atoms with Crippen LogP contribution in [-0.2, 0) is 4.74 Å². The monoisotopic (exact) mass is 246 g/mol. The molecular weight excluding hydrogens is 224 g/mol. The summed E-state index contributed by atoms with van der Waals surface area (Å²) < 4.78 is 5.96. The number of fused-ring (bicyclic) bond motifs is 5. The van der Waals surface area contributed by atoms with Crippen molar-refractivity contribution in [2.75, 3.05) is 19.6 Å². The van der Waals surface area contributed by atoms with E-state index in [2.05, 4.69) is 18.7 Å². The first-order valence-corrected chi connectivity index (χ1v) is 6.20. The van der Waals surface area contributed by atoms with E-state index in [1.54, 1.807) is 0 Å². The van der Waals surface area contributed by atoms with Crippen molar-refractivity contribution in [2.45, 2.75) is 44.4 Å². The number of ether oxygens (including phenoxy) is 1. The van der Waals surface area contributed by atoms with Crippen molar-refractivity contribution in [2.24, 2.45) is 17.6 Å². The molecule has 0 radical (unpaired) electrons. The van der Waals surface area contributed by atoms with E-state index in [9.17, 15) is 0 Å². The van der Waals surface area contributed by atoms with E-state index in [1.165, 1.54) is 25.9 Å². The SMILES string of the molecule is CC(C)(N)CN1CC2C3CCC(O3)C2C1.Cl. The molecule has 0 aromatic heterocycles. The first-order valence-electron chi connectivity index (χ1n) is 6.20. The van der Waals surface area contributed by atoms with Crippen molar-refractivity contribution in [1.29, 1.82) is 0 Å². The fourth-order valence-electron chi connectivity index (χ4n) is 3.75. The fourth-order valence-corrected chi connectivity index (χ4v) is 3.75. The van der Waals surface area contributed by atoms with Crippen LogP contribution < -0.4 is 5.73 Å². The summed E-state index contributed by atoms with van der Waals surface area (Å²) in [6.45, 7) is 7.69. The average Bonchev–Trinajstić information content (AvgIpc) is 2.67. The highest BCUT2D eigenvalue weighted by atomic mass is 35.5. The smallest absolute Gasteiger partial charge is 0.0624 e. The van der Waals surface area contributed by atoms with Crippen LogP contribution in [0, 0.1) is 11.8 Å². The Morgan fingerprint density at radius 1 is 1.19 bits per heavy atom. The molecule has 2 bridgehead atoms. The molecule has 0 aromatic carbocycles. The maximum atomic E-state index is 6.08. The molecule has 3 fully saturated rings. The second kappa shape index (κ2) is 4.13. The first kappa shape index (κ1) is 12.6. The lowest BCUT2D eigenvalue weighted by Gasteiger charge is -2.27. The highest BCUT2D eigenvalue weighted by Gasteiger charge is 2.52. The van der Waals surface area contributed by atoms with Gasteiger partial charge in [-0.3, -0.25) is 0 Å². The van der Waals surface area contributed by atoms with Gasteiger partial charge in [-0.1, -0.05) is 0 Å². The van der Waals surface area contributed by atoms with Gasteiger partial charge in [0, 0.05) is 37.0 Å². The van der Waals surface area contributed by atoms with Gasteiger partial charge >= 0.3 is 0 Å². The predicted octanol–water partition coefficient (Wildman–Crippen LogP) is 1.25. The highest BCUT2D eigenvalue weighted by Crippen LogP contribution is 2.47. The van der Waals surface area contributed by atoms with Crippen LogP contribution in [0.1, 0.15) is 26.7 Å². The van der Waals surface area contributed by atoms with Gasteiger partial charge in [0.05, 0.1) is 12.2 Å². The third-order valence-electron chi connectivity index (χ3n) is 4.16. The summed E-state index contributed by atoms with van der Waals surface area (Å²) in [4.78, 5) is 2.54. The minimum absolute atomic E-state index is 0.